The third-order valence-electron chi connectivity index (χ3n) is 4.29. The summed E-state index contributed by atoms with van der Waals surface area (Å²) in [6.07, 6.45) is 1.69. The SMILES string of the molecule is COc1cc(-c2nc(-c3nccs3)cc(N)c2C#N)nc(N2CC[S+]([O-])C2)c1. The molecule has 0 spiro atoms. The Bertz CT molecular complexity index is 1050. The highest BCUT2D eigenvalue weighted by molar-refractivity contribution is 7.91. The second kappa shape index (κ2) is 7.63. The summed E-state index contributed by atoms with van der Waals surface area (Å²) in [5, 5.41) is 12.2. The van der Waals surface area contributed by atoms with Crippen LogP contribution in [0.25, 0.3) is 22.1 Å². The van der Waals surface area contributed by atoms with Gasteiger partial charge in [-0.25, -0.2) is 15.0 Å². The Labute approximate surface area is 168 Å². The van der Waals surface area contributed by atoms with Crippen molar-refractivity contribution >= 4 is 34.0 Å². The van der Waals surface area contributed by atoms with E-state index in [0.717, 1.165) is 0 Å². The van der Waals surface area contributed by atoms with Crippen LogP contribution in [0.2, 0.25) is 0 Å². The van der Waals surface area contributed by atoms with Gasteiger partial charge in [0, 0.05) is 23.7 Å². The molecule has 4 heterocycles. The summed E-state index contributed by atoms with van der Waals surface area (Å²) < 4.78 is 17.2. The minimum Gasteiger partial charge on any atom is -0.615 e. The van der Waals surface area contributed by atoms with E-state index in [-0.39, 0.29) is 5.56 Å². The van der Waals surface area contributed by atoms with Gasteiger partial charge in [-0.3, -0.25) is 0 Å². The first-order chi connectivity index (χ1) is 13.6. The van der Waals surface area contributed by atoms with Gasteiger partial charge < -0.3 is 19.9 Å². The van der Waals surface area contributed by atoms with Crippen LogP contribution in [-0.4, -0.2) is 44.8 Å². The van der Waals surface area contributed by atoms with E-state index in [9.17, 15) is 9.81 Å². The van der Waals surface area contributed by atoms with E-state index < -0.39 is 11.2 Å². The molecule has 1 aliphatic heterocycles. The fraction of sp³-hybridized carbons (Fsp3) is 0.222. The lowest BCUT2D eigenvalue weighted by Crippen LogP contribution is -2.21. The number of pyridine rings is 2. The van der Waals surface area contributed by atoms with Gasteiger partial charge in [0.2, 0.25) is 0 Å². The van der Waals surface area contributed by atoms with Gasteiger partial charge in [0.15, 0.2) is 5.88 Å². The lowest BCUT2D eigenvalue weighted by Gasteiger charge is -2.17. The van der Waals surface area contributed by atoms with Crippen molar-refractivity contribution in [2.75, 3.05) is 35.9 Å². The van der Waals surface area contributed by atoms with Gasteiger partial charge in [-0.1, -0.05) is 0 Å². The van der Waals surface area contributed by atoms with Gasteiger partial charge in [-0.2, -0.15) is 5.26 Å². The summed E-state index contributed by atoms with van der Waals surface area (Å²) in [6.45, 7) is 0.645. The molecule has 2 N–H and O–H groups in total. The average molecular weight is 413 g/mol. The Morgan fingerprint density at radius 2 is 2.18 bits per heavy atom. The monoisotopic (exact) mass is 412 g/mol. The summed E-state index contributed by atoms with van der Waals surface area (Å²) in [5.41, 5.74) is 8.10. The van der Waals surface area contributed by atoms with Crippen molar-refractivity contribution in [1.82, 2.24) is 15.0 Å². The number of anilines is 2. The van der Waals surface area contributed by atoms with Gasteiger partial charge >= 0.3 is 0 Å². The Kier molecular flexibility index (Phi) is 5.04. The number of nitrogen functional groups attached to an aromatic ring is 1. The first kappa shape index (κ1) is 18.5. The van der Waals surface area contributed by atoms with Crippen LogP contribution in [0.5, 0.6) is 5.75 Å². The van der Waals surface area contributed by atoms with Crippen molar-refractivity contribution in [2.24, 2.45) is 0 Å². The molecule has 28 heavy (non-hydrogen) atoms. The van der Waals surface area contributed by atoms with Crippen LogP contribution < -0.4 is 15.4 Å². The van der Waals surface area contributed by atoms with Gasteiger partial charge in [-0.05, 0) is 17.2 Å². The molecule has 142 valence electrons. The van der Waals surface area contributed by atoms with E-state index in [1.807, 2.05) is 10.3 Å². The van der Waals surface area contributed by atoms with Crippen molar-refractivity contribution in [1.29, 1.82) is 5.26 Å². The second-order valence-electron chi connectivity index (χ2n) is 6.06. The van der Waals surface area contributed by atoms with Crippen molar-refractivity contribution < 1.29 is 9.29 Å². The molecule has 0 amide bonds. The van der Waals surface area contributed by atoms with Gasteiger partial charge in [0.1, 0.15) is 45.3 Å². The zero-order valence-electron chi connectivity index (χ0n) is 15.0. The van der Waals surface area contributed by atoms with Crippen LogP contribution in [0.1, 0.15) is 5.56 Å². The van der Waals surface area contributed by atoms with Gasteiger partial charge in [0.25, 0.3) is 0 Å². The van der Waals surface area contributed by atoms with E-state index in [2.05, 4.69) is 21.0 Å². The van der Waals surface area contributed by atoms with Crippen molar-refractivity contribution in [3.63, 3.8) is 0 Å². The Morgan fingerprint density at radius 1 is 1.32 bits per heavy atom. The van der Waals surface area contributed by atoms with E-state index in [0.29, 0.717) is 57.5 Å². The lowest BCUT2D eigenvalue weighted by molar-refractivity contribution is 0.414. The van der Waals surface area contributed by atoms with Crippen LogP contribution >= 0.6 is 11.3 Å². The van der Waals surface area contributed by atoms with Crippen LogP contribution in [0, 0.1) is 11.3 Å². The molecule has 1 atom stereocenters. The normalized spacial score (nSPS) is 16.2. The standard InChI is InChI=1S/C18H16N6O2S2/c1-26-11-6-14(22-16(7-11)24-3-5-28(25)10-24)17-12(9-19)13(20)8-15(23-17)18-21-2-4-27-18/h2,4,6-8H,3,5,10H2,1H3,(H2,20,23). The van der Waals surface area contributed by atoms with Gasteiger partial charge in [0.05, 0.1) is 25.0 Å². The number of nitrogens with two attached hydrogens (primary N) is 1. The number of methoxy groups -OCH3 is 1. The molecule has 3 aromatic rings. The minimum absolute atomic E-state index is 0.247. The van der Waals surface area contributed by atoms with Crippen LogP contribution in [-0.2, 0) is 11.2 Å². The van der Waals surface area contributed by atoms with E-state index in [1.54, 1.807) is 31.5 Å². The molecule has 1 saturated heterocycles. The Hall–Kier alpha value is -2.87. The van der Waals surface area contributed by atoms with Crippen molar-refractivity contribution in [3.05, 3.63) is 35.3 Å². The maximum atomic E-state index is 11.8. The number of thiazole rings is 1. The summed E-state index contributed by atoms with van der Waals surface area (Å²) in [6, 6.07) is 7.26. The molecule has 1 unspecified atom stereocenters. The quantitative estimate of drug-likeness (QED) is 0.647. The topological polar surface area (TPSA) is 124 Å². The van der Waals surface area contributed by atoms with Gasteiger partial charge in [-0.15, -0.1) is 11.3 Å². The molecule has 0 aliphatic carbocycles. The molecule has 8 nitrogen and oxygen atoms in total. The Balaban J connectivity index is 1.87. The fourth-order valence-corrected chi connectivity index (χ4v) is 4.68. The third-order valence-corrected chi connectivity index (χ3v) is 6.32. The molecule has 0 radical (unpaired) electrons. The predicted octanol–water partition coefficient (Wildman–Crippen LogP) is 2.26. The molecule has 1 fully saturated rings. The average Bonchev–Trinajstić information content (AvgIpc) is 3.39. The number of aromatic nitrogens is 3. The first-order valence-electron chi connectivity index (χ1n) is 8.36. The number of nitrogens with zero attached hydrogens (tertiary/aromatic N) is 5. The smallest absolute Gasteiger partial charge is 0.179 e. The second-order valence-corrected chi connectivity index (χ2v) is 8.50. The summed E-state index contributed by atoms with van der Waals surface area (Å²) in [4.78, 5) is 15.5. The van der Waals surface area contributed by atoms with Crippen molar-refractivity contribution in [3.8, 4) is 33.9 Å². The molecular formula is C18H16N6O2S2. The zero-order valence-corrected chi connectivity index (χ0v) is 16.6. The maximum absolute atomic E-state index is 11.8. The maximum Gasteiger partial charge on any atom is 0.179 e. The van der Waals surface area contributed by atoms with Crippen LogP contribution in [0.4, 0.5) is 11.5 Å². The first-order valence-corrected chi connectivity index (χ1v) is 10.7. The molecule has 10 heteroatoms. The van der Waals surface area contributed by atoms with Crippen LogP contribution in [0.3, 0.4) is 0 Å². The van der Waals surface area contributed by atoms with Crippen LogP contribution in [0.15, 0.2) is 29.8 Å². The molecule has 4 rings (SSSR count). The summed E-state index contributed by atoms with van der Waals surface area (Å²) in [7, 11) is 1.56. The molecule has 3 aromatic heterocycles. The number of hydrogen-bond donors (Lipinski definition) is 1. The molecule has 0 bridgehead atoms. The zero-order chi connectivity index (χ0) is 19.7. The molecular weight excluding hydrogens is 396 g/mol. The number of rotatable bonds is 4. The minimum atomic E-state index is -0.896. The number of hydrogen-bond acceptors (Lipinski definition) is 9. The number of nitriles is 1. The fourth-order valence-electron chi connectivity index (χ4n) is 2.92. The highest BCUT2D eigenvalue weighted by Crippen LogP contribution is 2.33. The third kappa shape index (κ3) is 3.47. The van der Waals surface area contributed by atoms with E-state index in [1.165, 1.54) is 11.3 Å². The Morgan fingerprint density at radius 3 is 2.82 bits per heavy atom. The highest BCUT2D eigenvalue weighted by atomic mass is 32.2. The highest BCUT2D eigenvalue weighted by Gasteiger charge is 2.26. The van der Waals surface area contributed by atoms with E-state index in [4.69, 9.17) is 10.5 Å². The molecule has 1 aliphatic rings. The van der Waals surface area contributed by atoms with E-state index >= 15 is 0 Å². The molecule has 0 aromatic carbocycles. The molecule has 0 saturated carbocycles. The predicted molar refractivity (Wildman–Crippen MR) is 109 cm³/mol. The largest absolute Gasteiger partial charge is 0.615 e. The number of ether oxygens (including phenoxy) is 1. The summed E-state index contributed by atoms with van der Waals surface area (Å²) in [5.74, 6) is 2.22. The van der Waals surface area contributed by atoms with Crippen molar-refractivity contribution in [2.45, 2.75) is 0 Å². The summed E-state index contributed by atoms with van der Waals surface area (Å²) >= 11 is 0.538. The lowest BCUT2D eigenvalue weighted by atomic mass is 10.1.